The molecule has 0 fully saturated rings. The van der Waals surface area contributed by atoms with Gasteiger partial charge in [-0.1, -0.05) is 48.5 Å². The zero-order valence-electron chi connectivity index (χ0n) is 16.9. The van der Waals surface area contributed by atoms with Crippen molar-refractivity contribution in [3.05, 3.63) is 88.9 Å². The van der Waals surface area contributed by atoms with Crippen LogP contribution in [0.4, 0.5) is 0 Å². The van der Waals surface area contributed by atoms with E-state index >= 15 is 0 Å². The van der Waals surface area contributed by atoms with Crippen molar-refractivity contribution in [1.29, 1.82) is 5.41 Å². The highest BCUT2D eigenvalue weighted by Crippen LogP contribution is 2.63. The summed E-state index contributed by atoms with van der Waals surface area (Å²) in [5.41, 5.74) is 4.63. The second-order valence-corrected chi connectivity index (χ2v) is 9.47. The van der Waals surface area contributed by atoms with Crippen LogP contribution in [0.2, 0.25) is 0 Å². The van der Waals surface area contributed by atoms with Crippen LogP contribution in [0.25, 0.3) is 5.69 Å². The first-order valence-electron chi connectivity index (χ1n) is 9.55. The number of hydrogen-bond donors (Lipinski definition) is 1. The van der Waals surface area contributed by atoms with Crippen LogP contribution in [0.5, 0.6) is 5.88 Å². The monoisotopic (exact) mass is 420 g/mol. The smallest absolute Gasteiger partial charge is 0.269 e. The minimum Gasteiger partial charge on any atom is -0.420 e. The molecule has 0 saturated heterocycles. The topological polar surface area (TPSA) is 81.7 Å². The average Bonchev–Trinajstić information content (AvgIpc) is 3.28. The molecule has 0 spiro atoms. The maximum atomic E-state index is 8.88. The van der Waals surface area contributed by atoms with Gasteiger partial charge in [0, 0.05) is 25.7 Å². The Morgan fingerprint density at radius 1 is 1.00 bits per heavy atom. The zero-order valence-corrected chi connectivity index (χ0v) is 17.8. The number of rotatable bonds is 4. The Morgan fingerprint density at radius 2 is 1.63 bits per heavy atom. The second kappa shape index (κ2) is 7.06. The molecule has 5 rings (SSSR count). The van der Waals surface area contributed by atoms with Gasteiger partial charge in [-0.2, -0.15) is 9.84 Å². The lowest BCUT2D eigenvalue weighted by Crippen LogP contribution is -2.19. The SMILES string of the molecule is COP1(OC)=NC2=C(C1=N)C(c1ccccc1)c1c(C)nn(-c3ccccc3)c1O2. The highest BCUT2D eigenvalue weighted by atomic mass is 31.2. The highest BCUT2D eigenvalue weighted by Gasteiger charge is 2.47. The van der Waals surface area contributed by atoms with Gasteiger partial charge in [-0.3, -0.25) is 5.41 Å². The number of ether oxygens (including phenoxy) is 1. The Balaban J connectivity index is 1.77. The number of fused-ring (bicyclic) bond motifs is 1. The quantitative estimate of drug-likeness (QED) is 0.586. The maximum absolute atomic E-state index is 8.88. The third kappa shape index (κ3) is 2.63. The molecule has 2 aliphatic heterocycles. The molecule has 0 bridgehead atoms. The molecule has 0 saturated carbocycles. The van der Waals surface area contributed by atoms with E-state index in [9.17, 15) is 0 Å². The van der Waals surface area contributed by atoms with Crippen molar-refractivity contribution in [2.24, 2.45) is 4.74 Å². The molecule has 0 amide bonds. The van der Waals surface area contributed by atoms with Crippen LogP contribution in [-0.4, -0.2) is 29.5 Å². The number of nitrogens with one attached hydrogen (secondary N) is 1. The molecule has 3 aromatic rings. The Bertz CT molecular complexity index is 1220. The molecular weight excluding hydrogens is 399 g/mol. The van der Waals surface area contributed by atoms with Gasteiger partial charge in [-0.25, -0.2) is 4.68 Å². The molecule has 0 aliphatic carbocycles. The average molecular weight is 420 g/mol. The Hall–Kier alpha value is -2.99. The van der Waals surface area contributed by atoms with Gasteiger partial charge < -0.3 is 13.8 Å². The lowest BCUT2D eigenvalue weighted by Gasteiger charge is -2.26. The molecular formula is C22H21N4O3P. The molecule has 1 aromatic heterocycles. The van der Waals surface area contributed by atoms with Crippen LogP contribution >= 0.6 is 7.51 Å². The predicted octanol–water partition coefficient (Wildman–Crippen LogP) is 5.23. The van der Waals surface area contributed by atoms with E-state index in [1.165, 1.54) is 14.2 Å². The summed E-state index contributed by atoms with van der Waals surface area (Å²) in [6.45, 7) is 1.97. The van der Waals surface area contributed by atoms with Crippen molar-refractivity contribution < 1.29 is 13.8 Å². The minimum atomic E-state index is -2.89. The van der Waals surface area contributed by atoms with Crippen LogP contribution in [0.1, 0.15) is 22.7 Å². The van der Waals surface area contributed by atoms with Gasteiger partial charge in [-0.15, -0.1) is 0 Å². The fraction of sp³-hybridized carbons (Fsp3) is 0.182. The van der Waals surface area contributed by atoms with Gasteiger partial charge in [0.05, 0.1) is 17.0 Å². The fourth-order valence-corrected chi connectivity index (χ4v) is 5.75. The third-order valence-electron chi connectivity index (χ3n) is 5.45. The predicted molar refractivity (Wildman–Crippen MR) is 115 cm³/mol. The largest absolute Gasteiger partial charge is 0.420 e. The lowest BCUT2D eigenvalue weighted by molar-refractivity contribution is 0.333. The van der Waals surface area contributed by atoms with Crippen LogP contribution in [0.3, 0.4) is 0 Å². The molecule has 2 aromatic carbocycles. The zero-order chi connectivity index (χ0) is 20.9. The molecule has 8 heteroatoms. The van der Waals surface area contributed by atoms with Crippen molar-refractivity contribution in [2.75, 3.05) is 14.2 Å². The van der Waals surface area contributed by atoms with Gasteiger partial charge >= 0.3 is 0 Å². The van der Waals surface area contributed by atoms with E-state index in [-0.39, 0.29) is 11.4 Å². The van der Waals surface area contributed by atoms with E-state index in [0.717, 1.165) is 22.5 Å². The van der Waals surface area contributed by atoms with E-state index in [0.29, 0.717) is 17.3 Å². The number of aromatic nitrogens is 2. The van der Waals surface area contributed by atoms with Gasteiger partial charge in [0.25, 0.3) is 7.51 Å². The Kier molecular flexibility index (Phi) is 4.47. The lowest BCUT2D eigenvalue weighted by atomic mass is 9.84. The van der Waals surface area contributed by atoms with Crippen molar-refractivity contribution in [1.82, 2.24) is 9.78 Å². The number of hydrogen-bond acceptors (Lipinski definition) is 6. The Morgan fingerprint density at radius 3 is 2.27 bits per heavy atom. The first-order valence-corrected chi connectivity index (χ1v) is 11.1. The fourth-order valence-electron chi connectivity index (χ4n) is 4.06. The summed E-state index contributed by atoms with van der Waals surface area (Å²) in [6.07, 6.45) is 0. The van der Waals surface area contributed by atoms with Crippen LogP contribution in [-0.2, 0) is 9.05 Å². The third-order valence-corrected chi connectivity index (χ3v) is 7.69. The summed E-state index contributed by atoms with van der Waals surface area (Å²) >= 11 is 0. The van der Waals surface area contributed by atoms with E-state index in [1.807, 2.05) is 55.5 Å². The summed E-state index contributed by atoms with van der Waals surface area (Å²) in [6, 6.07) is 19.9. The molecule has 2 aliphatic rings. The van der Waals surface area contributed by atoms with Crippen LogP contribution in [0, 0.1) is 12.3 Å². The second-order valence-electron chi connectivity index (χ2n) is 7.05. The molecule has 152 valence electrons. The number of para-hydroxylation sites is 1. The summed E-state index contributed by atoms with van der Waals surface area (Å²) in [5.74, 6) is 0.733. The van der Waals surface area contributed by atoms with Gasteiger partial charge in [-0.05, 0) is 24.6 Å². The molecule has 0 radical (unpaired) electrons. The first kappa shape index (κ1) is 19.0. The molecule has 1 atom stereocenters. The molecule has 30 heavy (non-hydrogen) atoms. The van der Waals surface area contributed by atoms with Gasteiger partial charge in [0.1, 0.15) is 5.45 Å². The number of nitrogens with zero attached hydrogens (tertiary/aromatic N) is 3. The summed E-state index contributed by atoms with van der Waals surface area (Å²) in [7, 11) is 0.157. The number of allylic oxidation sites excluding steroid dienone is 1. The molecule has 1 unspecified atom stereocenters. The van der Waals surface area contributed by atoms with Gasteiger partial charge in [0.15, 0.2) is 0 Å². The maximum Gasteiger partial charge on any atom is 0.269 e. The molecule has 1 N–H and O–H groups in total. The van der Waals surface area contributed by atoms with E-state index in [4.69, 9.17) is 24.3 Å². The summed E-state index contributed by atoms with van der Waals surface area (Å²) in [5, 5.41) is 13.6. The van der Waals surface area contributed by atoms with E-state index < -0.39 is 7.51 Å². The summed E-state index contributed by atoms with van der Waals surface area (Å²) in [4.78, 5) is 0. The first-order chi connectivity index (χ1) is 14.6. The molecule has 3 heterocycles. The minimum absolute atomic E-state index is 0.244. The van der Waals surface area contributed by atoms with Crippen LogP contribution < -0.4 is 4.74 Å². The van der Waals surface area contributed by atoms with Crippen molar-refractivity contribution in [3.63, 3.8) is 0 Å². The summed E-state index contributed by atoms with van der Waals surface area (Å²) < 4.78 is 23.9. The standard InChI is InChI=1S/C22H21N4O3P/c1-14-17-18(15-10-6-4-7-11-15)19-20(23)30(27-2,28-3)25-21(19)29-22(17)26(24-14)16-12-8-5-9-13-16/h4-13,18,23H,1-3H3. The highest BCUT2D eigenvalue weighted by molar-refractivity contribution is 7.75. The van der Waals surface area contributed by atoms with Crippen LogP contribution in [0.15, 0.2) is 76.9 Å². The molecule has 7 nitrogen and oxygen atoms in total. The normalized spacial score (nSPS) is 19.2. The van der Waals surface area contributed by atoms with E-state index in [1.54, 1.807) is 4.68 Å². The number of aryl methyl sites for hydroxylation is 1. The Labute approximate surface area is 174 Å². The van der Waals surface area contributed by atoms with Gasteiger partial charge in [0.2, 0.25) is 11.8 Å². The van der Waals surface area contributed by atoms with E-state index in [2.05, 4.69) is 16.9 Å². The van der Waals surface area contributed by atoms with Crippen molar-refractivity contribution >= 4 is 13.0 Å². The van der Waals surface area contributed by atoms with Crippen molar-refractivity contribution in [3.8, 4) is 11.6 Å². The van der Waals surface area contributed by atoms with Crippen molar-refractivity contribution in [2.45, 2.75) is 12.8 Å². The number of benzene rings is 2.